The number of hydrogen-bond acceptors (Lipinski definition) is 5. The lowest BCUT2D eigenvalue weighted by Gasteiger charge is -2.02. The van der Waals surface area contributed by atoms with Crippen molar-refractivity contribution in [1.29, 1.82) is 0 Å². The Morgan fingerprint density at radius 3 is 2.53 bits per heavy atom. The highest BCUT2D eigenvalue weighted by Crippen LogP contribution is 2.01. The second-order valence-corrected chi connectivity index (χ2v) is 3.45. The van der Waals surface area contributed by atoms with Gasteiger partial charge in [0.1, 0.15) is 5.69 Å². The molecule has 0 aliphatic carbocycles. The van der Waals surface area contributed by atoms with Gasteiger partial charge >= 0.3 is 0 Å². The van der Waals surface area contributed by atoms with Crippen LogP contribution in [0.2, 0.25) is 0 Å². The molecule has 17 heavy (non-hydrogen) atoms. The standard InChI is InChI=1S/C9H9N5O3/c1-3-7(16)12-5-6(10-3)13-9(11-4(2)15)14-8(5)17/h1-2H3,(H,12,16)(H2,10,11,13,14,15,17). The monoisotopic (exact) mass is 235 g/mol. The van der Waals surface area contributed by atoms with Crippen LogP contribution in [-0.4, -0.2) is 25.8 Å². The number of anilines is 1. The van der Waals surface area contributed by atoms with Gasteiger partial charge in [-0.3, -0.25) is 24.7 Å². The van der Waals surface area contributed by atoms with Crippen LogP contribution in [-0.2, 0) is 4.79 Å². The first kappa shape index (κ1) is 11.0. The van der Waals surface area contributed by atoms with E-state index in [0.29, 0.717) is 0 Å². The molecule has 88 valence electrons. The van der Waals surface area contributed by atoms with Crippen molar-refractivity contribution in [2.45, 2.75) is 13.8 Å². The van der Waals surface area contributed by atoms with Gasteiger partial charge in [0.05, 0.1) is 0 Å². The summed E-state index contributed by atoms with van der Waals surface area (Å²) >= 11 is 0. The van der Waals surface area contributed by atoms with Crippen molar-refractivity contribution in [1.82, 2.24) is 19.9 Å². The maximum atomic E-state index is 11.6. The molecular formula is C9H9N5O3. The van der Waals surface area contributed by atoms with Crippen molar-refractivity contribution >= 4 is 23.0 Å². The molecule has 3 N–H and O–H groups in total. The maximum absolute atomic E-state index is 11.6. The number of hydrogen-bond donors (Lipinski definition) is 3. The molecule has 0 saturated carbocycles. The number of carbonyl (C=O) groups is 1. The van der Waals surface area contributed by atoms with E-state index in [-0.39, 0.29) is 28.7 Å². The zero-order chi connectivity index (χ0) is 12.6. The largest absolute Gasteiger partial charge is 0.313 e. The Balaban J connectivity index is 2.73. The number of nitrogens with one attached hydrogen (secondary N) is 3. The van der Waals surface area contributed by atoms with E-state index in [1.807, 2.05) is 0 Å². The van der Waals surface area contributed by atoms with Gasteiger partial charge in [-0.15, -0.1) is 0 Å². The first-order valence-electron chi connectivity index (χ1n) is 4.76. The van der Waals surface area contributed by atoms with Crippen LogP contribution in [0.5, 0.6) is 0 Å². The molecule has 8 nitrogen and oxygen atoms in total. The number of carbonyl (C=O) groups excluding carboxylic acids is 1. The summed E-state index contributed by atoms with van der Waals surface area (Å²) in [4.78, 5) is 46.2. The predicted molar refractivity (Wildman–Crippen MR) is 59.8 cm³/mol. The maximum Gasteiger partial charge on any atom is 0.278 e. The minimum absolute atomic E-state index is 0.00560. The van der Waals surface area contributed by atoms with Gasteiger partial charge in [-0.05, 0) is 6.92 Å². The van der Waals surface area contributed by atoms with Crippen LogP contribution < -0.4 is 16.4 Å². The number of aromatic nitrogens is 4. The Kier molecular flexibility index (Phi) is 2.47. The van der Waals surface area contributed by atoms with E-state index in [4.69, 9.17) is 0 Å². The fourth-order valence-corrected chi connectivity index (χ4v) is 1.29. The molecule has 0 unspecified atom stereocenters. The van der Waals surface area contributed by atoms with Gasteiger partial charge in [-0.2, -0.15) is 4.98 Å². The van der Waals surface area contributed by atoms with E-state index in [0.717, 1.165) is 0 Å². The minimum atomic E-state index is -0.566. The summed E-state index contributed by atoms with van der Waals surface area (Å²) in [5, 5.41) is 2.33. The molecule has 0 radical (unpaired) electrons. The fraction of sp³-hybridized carbons (Fsp3) is 0.222. The molecule has 1 amide bonds. The smallest absolute Gasteiger partial charge is 0.278 e. The number of rotatable bonds is 1. The lowest BCUT2D eigenvalue weighted by Crippen LogP contribution is -2.21. The van der Waals surface area contributed by atoms with Gasteiger partial charge in [-0.1, -0.05) is 0 Å². The lowest BCUT2D eigenvalue weighted by molar-refractivity contribution is -0.114. The molecule has 0 atom stereocenters. The third-order valence-electron chi connectivity index (χ3n) is 2.04. The molecule has 2 aromatic heterocycles. The number of H-pyrrole nitrogens is 2. The van der Waals surface area contributed by atoms with Crippen molar-refractivity contribution in [3.63, 3.8) is 0 Å². The molecule has 0 spiro atoms. The molecule has 2 heterocycles. The van der Waals surface area contributed by atoms with E-state index >= 15 is 0 Å². The summed E-state index contributed by atoms with van der Waals surface area (Å²) in [6.07, 6.45) is 0. The van der Waals surface area contributed by atoms with Gasteiger partial charge in [0, 0.05) is 6.92 Å². The summed E-state index contributed by atoms with van der Waals surface area (Å²) in [7, 11) is 0. The van der Waals surface area contributed by atoms with E-state index in [2.05, 4.69) is 25.3 Å². The topological polar surface area (TPSA) is 121 Å². The normalized spacial score (nSPS) is 10.5. The fourth-order valence-electron chi connectivity index (χ4n) is 1.29. The van der Waals surface area contributed by atoms with Crippen molar-refractivity contribution in [3.8, 4) is 0 Å². The van der Waals surface area contributed by atoms with Gasteiger partial charge in [0.15, 0.2) is 11.2 Å². The lowest BCUT2D eigenvalue weighted by atomic mass is 10.4. The Bertz CT molecular complexity index is 715. The molecule has 0 fully saturated rings. The van der Waals surface area contributed by atoms with Crippen molar-refractivity contribution in [3.05, 3.63) is 26.4 Å². The van der Waals surface area contributed by atoms with Gasteiger partial charge in [0.25, 0.3) is 11.1 Å². The summed E-state index contributed by atoms with van der Waals surface area (Å²) in [5.41, 5.74) is -0.755. The van der Waals surface area contributed by atoms with Gasteiger partial charge in [0.2, 0.25) is 11.9 Å². The van der Waals surface area contributed by atoms with Crippen LogP contribution >= 0.6 is 0 Å². The van der Waals surface area contributed by atoms with Crippen LogP contribution in [0.4, 0.5) is 5.95 Å². The first-order chi connectivity index (χ1) is 7.97. The van der Waals surface area contributed by atoms with Crippen LogP contribution in [0.15, 0.2) is 9.59 Å². The third-order valence-corrected chi connectivity index (χ3v) is 2.04. The summed E-state index contributed by atoms with van der Waals surface area (Å²) < 4.78 is 0. The summed E-state index contributed by atoms with van der Waals surface area (Å²) in [5.74, 6) is -0.373. The van der Waals surface area contributed by atoms with E-state index in [1.165, 1.54) is 13.8 Å². The number of aryl methyl sites for hydroxylation is 1. The molecular weight excluding hydrogens is 226 g/mol. The van der Waals surface area contributed by atoms with E-state index < -0.39 is 11.1 Å². The zero-order valence-corrected chi connectivity index (χ0v) is 9.12. The van der Waals surface area contributed by atoms with Crippen molar-refractivity contribution < 1.29 is 4.79 Å². The Labute approximate surface area is 94.1 Å². The first-order valence-corrected chi connectivity index (χ1v) is 4.76. The number of aromatic amines is 2. The Hall–Kier alpha value is -2.51. The summed E-state index contributed by atoms with van der Waals surface area (Å²) in [6.45, 7) is 2.79. The molecule has 0 bridgehead atoms. The highest BCUT2D eigenvalue weighted by atomic mass is 16.2. The minimum Gasteiger partial charge on any atom is -0.313 e. The number of fused-ring (bicyclic) bond motifs is 1. The zero-order valence-electron chi connectivity index (χ0n) is 9.12. The Morgan fingerprint density at radius 1 is 1.18 bits per heavy atom. The van der Waals surface area contributed by atoms with E-state index in [1.54, 1.807) is 0 Å². The Morgan fingerprint density at radius 2 is 1.88 bits per heavy atom. The van der Waals surface area contributed by atoms with Gasteiger partial charge in [-0.25, -0.2) is 4.98 Å². The third kappa shape index (κ3) is 2.05. The van der Waals surface area contributed by atoms with Crippen LogP contribution in [0.3, 0.4) is 0 Å². The SMILES string of the molecule is CC(=O)Nc1nc2nc(C)c(=O)[nH]c2c(=O)[nH]1. The summed E-state index contributed by atoms with van der Waals surface area (Å²) in [6, 6.07) is 0. The van der Waals surface area contributed by atoms with Crippen molar-refractivity contribution in [2.75, 3.05) is 5.32 Å². The van der Waals surface area contributed by atoms with Gasteiger partial charge < -0.3 is 4.98 Å². The molecule has 0 aliphatic rings. The van der Waals surface area contributed by atoms with Crippen LogP contribution in [0.25, 0.3) is 11.2 Å². The van der Waals surface area contributed by atoms with Crippen LogP contribution in [0.1, 0.15) is 12.6 Å². The molecule has 0 aromatic carbocycles. The molecule has 2 rings (SSSR count). The second kappa shape index (κ2) is 3.81. The molecule has 2 aromatic rings. The quantitative estimate of drug-likeness (QED) is 0.602. The molecule has 0 saturated heterocycles. The van der Waals surface area contributed by atoms with Crippen molar-refractivity contribution in [2.24, 2.45) is 0 Å². The highest BCUT2D eigenvalue weighted by Gasteiger charge is 2.08. The molecule has 8 heteroatoms. The number of nitrogens with zero attached hydrogens (tertiary/aromatic N) is 2. The highest BCUT2D eigenvalue weighted by molar-refractivity contribution is 5.87. The number of amides is 1. The van der Waals surface area contributed by atoms with E-state index in [9.17, 15) is 14.4 Å². The second-order valence-electron chi connectivity index (χ2n) is 3.45. The predicted octanol–water partition coefficient (Wildman–Crippen LogP) is -0.727. The average molecular weight is 235 g/mol. The van der Waals surface area contributed by atoms with Crippen LogP contribution in [0, 0.1) is 6.92 Å². The molecule has 0 aliphatic heterocycles. The average Bonchev–Trinajstić information content (AvgIpc) is 2.20.